The second kappa shape index (κ2) is 2.58. The molecule has 1 aliphatic carbocycles. The molecular formula is C7H7BrN2O2. The van der Waals surface area contributed by atoms with Crippen LogP contribution in [0.4, 0.5) is 0 Å². The van der Waals surface area contributed by atoms with Crippen molar-refractivity contribution in [3.63, 3.8) is 0 Å². The maximum atomic E-state index is 10.7. The van der Waals surface area contributed by atoms with Crippen molar-refractivity contribution in [1.82, 2.24) is 9.55 Å². The minimum absolute atomic E-state index is 0.268. The van der Waals surface area contributed by atoms with Crippen LogP contribution in [0.15, 0.2) is 10.9 Å². The second-order valence-corrected chi connectivity index (χ2v) is 3.53. The molecule has 0 atom stereocenters. The SMILES string of the molecule is O=C(O)c1cnc(Br)n1C1CC1. The number of halogens is 1. The third kappa shape index (κ3) is 1.14. The van der Waals surface area contributed by atoms with Crippen molar-refractivity contribution in [2.75, 3.05) is 0 Å². The Kier molecular flexibility index (Phi) is 1.68. The lowest BCUT2D eigenvalue weighted by atomic mass is 10.4. The first kappa shape index (κ1) is 7.79. The van der Waals surface area contributed by atoms with Crippen molar-refractivity contribution in [1.29, 1.82) is 0 Å². The smallest absolute Gasteiger partial charge is 0.354 e. The number of imidazole rings is 1. The van der Waals surface area contributed by atoms with E-state index in [-0.39, 0.29) is 5.69 Å². The van der Waals surface area contributed by atoms with Gasteiger partial charge in [-0.05, 0) is 28.8 Å². The number of nitrogens with zero attached hydrogens (tertiary/aromatic N) is 2. The highest BCUT2D eigenvalue weighted by atomic mass is 79.9. The quantitative estimate of drug-likeness (QED) is 0.842. The lowest BCUT2D eigenvalue weighted by Crippen LogP contribution is -2.06. The van der Waals surface area contributed by atoms with Gasteiger partial charge in [0.05, 0.1) is 6.20 Å². The molecule has 1 heterocycles. The molecule has 0 unspecified atom stereocenters. The Hall–Kier alpha value is -0.840. The van der Waals surface area contributed by atoms with Gasteiger partial charge in [0, 0.05) is 6.04 Å². The van der Waals surface area contributed by atoms with Gasteiger partial charge < -0.3 is 9.67 Å². The zero-order valence-electron chi connectivity index (χ0n) is 6.20. The summed E-state index contributed by atoms with van der Waals surface area (Å²) in [6, 6.07) is 0.341. The summed E-state index contributed by atoms with van der Waals surface area (Å²) < 4.78 is 2.34. The number of carboxylic acids is 1. The van der Waals surface area contributed by atoms with Crippen molar-refractivity contribution in [3.05, 3.63) is 16.6 Å². The number of aromatic carboxylic acids is 1. The van der Waals surface area contributed by atoms with E-state index in [0.29, 0.717) is 10.8 Å². The minimum atomic E-state index is -0.917. The van der Waals surface area contributed by atoms with Crippen LogP contribution in [-0.2, 0) is 0 Å². The molecule has 0 radical (unpaired) electrons. The summed E-state index contributed by atoms with van der Waals surface area (Å²) in [7, 11) is 0. The molecule has 0 saturated heterocycles. The molecule has 1 aromatic rings. The Labute approximate surface area is 77.3 Å². The number of aromatic nitrogens is 2. The van der Waals surface area contributed by atoms with Gasteiger partial charge in [0.25, 0.3) is 0 Å². The Bertz CT molecular complexity index is 330. The van der Waals surface area contributed by atoms with E-state index in [1.807, 2.05) is 0 Å². The van der Waals surface area contributed by atoms with Crippen LogP contribution in [-0.4, -0.2) is 20.6 Å². The third-order valence-corrected chi connectivity index (χ3v) is 2.47. The topological polar surface area (TPSA) is 55.1 Å². The molecule has 64 valence electrons. The average molecular weight is 231 g/mol. The molecular weight excluding hydrogens is 224 g/mol. The monoisotopic (exact) mass is 230 g/mol. The van der Waals surface area contributed by atoms with Gasteiger partial charge in [-0.15, -0.1) is 0 Å². The van der Waals surface area contributed by atoms with Gasteiger partial charge in [-0.2, -0.15) is 0 Å². The standard InChI is InChI=1S/C7H7BrN2O2/c8-7-9-3-5(6(11)12)10(7)4-1-2-4/h3-4H,1-2H2,(H,11,12). The first-order chi connectivity index (χ1) is 5.70. The first-order valence-electron chi connectivity index (χ1n) is 3.66. The van der Waals surface area contributed by atoms with Crippen molar-refractivity contribution in [2.45, 2.75) is 18.9 Å². The molecule has 0 aliphatic heterocycles. The Balaban J connectivity index is 2.46. The lowest BCUT2D eigenvalue weighted by molar-refractivity contribution is 0.0684. The van der Waals surface area contributed by atoms with Crippen molar-refractivity contribution >= 4 is 21.9 Å². The van der Waals surface area contributed by atoms with Gasteiger partial charge >= 0.3 is 5.97 Å². The second-order valence-electron chi connectivity index (χ2n) is 2.82. The molecule has 1 fully saturated rings. The molecule has 12 heavy (non-hydrogen) atoms. The summed E-state index contributed by atoms with van der Waals surface area (Å²) in [6.45, 7) is 0. The fourth-order valence-corrected chi connectivity index (χ4v) is 1.76. The van der Waals surface area contributed by atoms with E-state index in [9.17, 15) is 4.79 Å². The van der Waals surface area contributed by atoms with Gasteiger partial charge in [-0.3, -0.25) is 0 Å². The van der Waals surface area contributed by atoms with Crippen LogP contribution in [0.1, 0.15) is 29.4 Å². The van der Waals surface area contributed by atoms with Crippen molar-refractivity contribution in [2.24, 2.45) is 0 Å². The van der Waals surface area contributed by atoms with Crippen LogP contribution in [0, 0.1) is 0 Å². The molecule has 1 aromatic heterocycles. The maximum Gasteiger partial charge on any atom is 0.354 e. The van der Waals surface area contributed by atoms with Gasteiger partial charge in [-0.25, -0.2) is 9.78 Å². The number of rotatable bonds is 2. The van der Waals surface area contributed by atoms with Crippen LogP contribution in [0.25, 0.3) is 0 Å². The molecule has 0 bridgehead atoms. The summed E-state index contributed by atoms with van der Waals surface area (Å²) >= 11 is 3.21. The first-order valence-corrected chi connectivity index (χ1v) is 4.45. The summed E-state index contributed by atoms with van der Waals surface area (Å²) in [6.07, 6.45) is 3.48. The van der Waals surface area contributed by atoms with Crippen LogP contribution < -0.4 is 0 Å². The van der Waals surface area contributed by atoms with E-state index >= 15 is 0 Å². The highest BCUT2D eigenvalue weighted by molar-refractivity contribution is 9.10. The number of carbonyl (C=O) groups is 1. The zero-order chi connectivity index (χ0) is 8.72. The molecule has 0 spiro atoms. The fourth-order valence-electron chi connectivity index (χ4n) is 1.18. The summed E-state index contributed by atoms with van der Waals surface area (Å²) in [5.74, 6) is -0.917. The zero-order valence-corrected chi connectivity index (χ0v) is 7.78. The van der Waals surface area contributed by atoms with Crippen LogP contribution in [0.3, 0.4) is 0 Å². The highest BCUT2D eigenvalue weighted by Gasteiger charge is 2.29. The van der Waals surface area contributed by atoms with Gasteiger partial charge in [-0.1, -0.05) is 0 Å². The van der Waals surface area contributed by atoms with E-state index in [4.69, 9.17) is 5.11 Å². The van der Waals surface area contributed by atoms with Crippen LogP contribution >= 0.6 is 15.9 Å². The van der Waals surface area contributed by atoms with E-state index < -0.39 is 5.97 Å². The number of hydrogen-bond acceptors (Lipinski definition) is 2. The molecule has 1 saturated carbocycles. The van der Waals surface area contributed by atoms with Crippen LogP contribution in [0.5, 0.6) is 0 Å². The largest absolute Gasteiger partial charge is 0.477 e. The lowest BCUT2D eigenvalue weighted by Gasteiger charge is -2.02. The minimum Gasteiger partial charge on any atom is -0.477 e. The van der Waals surface area contributed by atoms with Crippen LogP contribution in [0.2, 0.25) is 0 Å². The van der Waals surface area contributed by atoms with Gasteiger partial charge in [0.1, 0.15) is 5.69 Å². The van der Waals surface area contributed by atoms with E-state index in [0.717, 1.165) is 12.8 Å². The summed E-state index contributed by atoms with van der Waals surface area (Å²) in [5.41, 5.74) is 0.268. The maximum absolute atomic E-state index is 10.7. The molecule has 1 N–H and O–H groups in total. The molecule has 0 aromatic carbocycles. The summed E-state index contributed by atoms with van der Waals surface area (Å²) in [5, 5.41) is 8.77. The molecule has 0 amide bonds. The van der Waals surface area contributed by atoms with Crippen molar-refractivity contribution < 1.29 is 9.90 Å². The molecule has 1 aliphatic rings. The third-order valence-electron chi connectivity index (χ3n) is 1.88. The molecule has 4 nitrogen and oxygen atoms in total. The molecule has 5 heteroatoms. The Morgan fingerprint density at radius 3 is 2.92 bits per heavy atom. The van der Waals surface area contributed by atoms with Crippen molar-refractivity contribution in [3.8, 4) is 0 Å². The van der Waals surface area contributed by atoms with E-state index in [1.54, 1.807) is 4.57 Å². The van der Waals surface area contributed by atoms with E-state index in [2.05, 4.69) is 20.9 Å². The highest BCUT2D eigenvalue weighted by Crippen LogP contribution is 2.38. The normalized spacial score (nSPS) is 16.4. The van der Waals surface area contributed by atoms with Gasteiger partial charge in [0.2, 0.25) is 0 Å². The number of carboxylic acid groups (broad SMARTS) is 1. The Morgan fingerprint density at radius 2 is 2.42 bits per heavy atom. The predicted molar refractivity (Wildman–Crippen MR) is 45.2 cm³/mol. The fraction of sp³-hybridized carbons (Fsp3) is 0.429. The molecule has 2 rings (SSSR count). The van der Waals surface area contributed by atoms with Gasteiger partial charge in [0.15, 0.2) is 4.73 Å². The predicted octanol–water partition coefficient (Wildman–Crippen LogP) is 1.68. The average Bonchev–Trinajstić information content (AvgIpc) is 2.75. The van der Waals surface area contributed by atoms with E-state index in [1.165, 1.54) is 6.20 Å². The summed E-state index contributed by atoms with van der Waals surface area (Å²) in [4.78, 5) is 14.6. The Morgan fingerprint density at radius 1 is 1.75 bits per heavy atom. The number of hydrogen-bond donors (Lipinski definition) is 1.